The lowest BCUT2D eigenvalue weighted by Crippen LogP contribution is -2.08. The molecule has 2 rings (SSSR count). The number of carbonyl (C=O) groups is 2. The number of nitrogens with zero attached hydrogens (tertiary/aromatic N) is 1. The van der Waals surface area contributed by atoms with Crippen LogP contribution in [0.4, 0.5) is 0 Å². The number of methoxy groups -OCH3 is 1. The summed E-state index contributed by atoms with van der Waals surface area (Å²) in [5, 5.41) is 0. The van der Waals surface area contributed by atoms with Crippen LogP contribution in [0.1, 0.15) is 33.3 Å². The third-order valence-electron chi connectivity index (χ3n) is 2.46. The number of rotatable bonds is 2. The summed E-state index contributed by atoms with van der Waals surface area (Å²) < 4.78 is 9.97. The van der Waals surface area contributed by atoms with Crippen LogP contribution in [-0.2, 0) is 11.2 Å². The number of hydrogen-bond acceptors (Lipinski definition) is 5. The number of aromatic nitrogens is 1. The van der Waals surface area contributed by atoms with E-state index in [-0.39, 0.29) is 11.3 Å². The predicted octanol–water partition coefficient (Wildman–Crippen LogP) is 1.01. The Bertz CT molecular complexity index is 467. The van der Waals surface area contributed by atoms with E-state index in [2.05, 4.69) is 9.72 Å². The van der Waals surface area contributed by atoms with Gasteiger partial charge in [0.15, 0.2) is 5.78 Å². The molecule has 0 aliphatic carbocycles. The number of esters is 1. The quantitative estimate of drug-likeness (QED) is 0.550. The predicted molar refractivity (Wildman–Crippen MR) is 54.8 cm³/mol. The molecule has 1 aliphatic heterocycles. The molecule has 5 heteroatoms. The zero-order valence-electron chi connectivity index (χ0n) is 9.07. The minimum absolute atomic E-state index is 0.127. The van der Waals surface area contributed by atoms with E-state index < -0.39 is 5.97 Å². The zero-order chi connectivity index (χ0) is 11.7. The molecule has 1 aromatic rings. The van der Waals surface area contributed by atoms with Crippen molar-refractivity contribution in [3.63, 3.8) is 0 Å². The highest BCUT2D eigenvalue weighted by Crippen LogP contribution is 2.31. The molecule has 0 bridgehead atoms. The van der Waals surface area contributed by atoms with Crippen molar-refractivity contribution in [1.29, 1.82) is 0 Å². The first-order valence-electron chi connectivity index (χ1n) is 4.89. The standard InChI is InChI=1S/C11H11NO4/c1-6(13)9-7-3-4-16-10(7)8(5-12-9)11(14)15-2/h5H,3-4H2,1-2H3. The van der Waals surface area contributed by atoms with E-state index in [0.29, 0.717) is 30.0 Å². The molecule has 0 radical (unpaired) electrons. The van der Waals surface area contributed by atoms with E-state index in [1.807, 2.05) is 0 Å². The second-order valence-electron chi connectivity index (χ2n) is 3.47. The van der Waals surface area contributed by atoms with Crippen LogP contribution in [0.25, 0.3) is 0 Å². The molecule has 0 atom stereocenters. The van der Waals surface area contributed by atoms with Crippen molar-refractivity contribution in [2.75, 3.05) is 13.7 Å². The summed E-state index contributed by atoms with van der Waals surface area (Å²) in [5.74, 6) is -0.189. The Morgan fingerprint density at radius 1 is 1.50 bits per heavy atom. The molecule has 16 heavy (non-hydrogen) atoms. The second kappa shape index (κ2) is 3.92. The summed E-state index contributed by atoms with van der Waals surface area (Å²) in [5.41, 5.74) is 1.36. The number of ketones is 1. The molecule has 0 saturated carbocycles. The second-order valence-corrected chi connectivity index (χ2v) is 3.47. The van der Waals surface area contributed by atoms with Gasteiger partial charge in [0.2, 0.25) is 0 Å². The SMILES string of the molecule is COC(=O)c1cnc(C(C)=O)c2c1OCC2. The average molecular weight is 221 g/mol. The van der Waals surface area contributed by atoms with Crippen LogP contribution in [0.2, 0.25) is 0 Å². The van der Waals surface area contributed by atoms with E-state index in [1.165, 1.54) is 20.2 Å². The Kier molecular flexibility index (Phi) is 2.60. The Morgan fingerprint density at radius 3 is 2.88 bits per heavy atom. The molecule has 84 valence electrons. The average Bonchev–Trinajstić information content (AvgIpc) is 2.75. The minimum atomic E-state index is -0.499. The fourth-order valence-corrected chi connectivity index (χ4v) is 1.75. The third-order valence-corrected chi connectivity index (χ3v) is 2.46. The molecule has 0 unspecified atom stereocenters. The van der Waals surface area contributed by atoms with Crippen LogP contribution >= 0.6 is 0 Å². The fourth-order valence-electron chi connectivity index (χ4n) is 1.75. The van der Waals surface area contributed by atoms with Gasteiger partial charge in [-0.25, -0.2) is 4.79 Å². The van der Waals surface area contributed by atoms with Crippen LogP contribution < -0.4 is 4.74 Å². The van der Waals surface area contributed by atoms with Gasteiger partial charge in [-0.05, 0) is 0 Å². The van der Waals surface area contributed by atoms with Crippen LogP contribution in [0, 0.1) is 0 Å². The summed E-state index contributed by atoms with van der Waals surface area (Å²) >= 11 is 0. The molecule has 5 nitrogen and oxygen atoms in total. The van der Waals surface area contributed by atoms with E-state index in [9.17, 15) is 9.59 Å². The Labute approximate surface area is 92.4 Å². The first kappa shape index (κ1) is 10.6. The molecule has 0 N–H and O–H groups in total. The molecule has 1 aliphatic rings. The van der Waals surface area contributed by atoms with E-state index >= 15 is 0 Å². The van der Waals surface area contributed by atoms with Gasteiger partial charge >= 0.3 is 5.97 Å². The van der Waals surface area contributed by atoms with Crippen molar-refractivity contribution in [3.8, 4) is 5.75 Å². The van der Waals surface area contributed by atoms with Crippen molar-refractivity contribution < 1.29 is 19.1 Å². The van der Waals surface area contributed by atoms with Crippen LogP contribution in [0.5, 0.6) is 5.75 Å². The lowest BCUT2D eigenvalue weighted by Gasteiger charge is -2.07. The van der Waals surface area contributed by atoms with E-state index in [4.69, 9.17) is 4.74 Å². The lowest BCUT2D eigenvalue weighted by molar-refractivity contribution is 0.0596. The van der Waals surface area contributed by atoms with Gasteiger partial charge in [-0.1, -0.05) is 0 Å². The molecule has 0 fully saturated rings. The normalized spacial score (nSPS) is 12.9. The van der Waals surface area contributed by atoms with Crippen LogP contribution in [0.15, 0.2) is 6.20 Å². The molecular weight excluding hydrogens is 210 g/mol. The summed E-state index contributed by atoms with van der Waals surface area (Å²) in [4.78, 5) is 26.7. The van der Waals surface area contributed by atoms with E-state index in [0.717, 1.165) is 0 Å². The maximum atomic E-state index is 11.4. The molecule has 2 heterocycles. The van der Waals surface area contributed by atoms with Crippen molar-refractivity contribution in [1.82, 2.24) is 4.98 Å². The lowest BCUT2D eigenvalue weighted by atomic mass is 10.1. The monoisotopic (exact) mass is 221 g/mol. The zero-order valence-corrected chi connectivity index (χ0v) is 9.07. The van der Waals surface area contributed by atoms with Crippen LogP contribution in [0.3, 0.4) is 0 Å². The number of hydrogen-bond donors (Lipinski definition) is 0. The maximum Gasteiger partial charge on any atom is 0.343 e. The van der Waals surface area contributed by atoms with Gasteiger partial charge in [0, 0.05) is 25.1 Å². The first-order chi connectivity index (χ1) is 7.65. The number of ether oxygens (including phenoxy) is 2. The summed E-state index contributed by atoms with van der Waals surface area (Å²) in [7, 11) is 1.29. The highest BCUT2D eigenvalue weighted by Gasteiger charge is 2.26. The fraction of sp³-hybridized carbons (Fsp3) is 0.364. The van der Waals surface area contributed by atoms with Crippen molar-refractivity contribution >= 4 is 11.8 Å². The van der Waals surface area contributed by atoms with Crippen molar-refractivity contribution in [2.24, 2.45) is 0 Å². The van der Waals surface area contributed by atoms with Gasteiger partial charge in [-0.15, -0.1) is 0 Å². The highest BCUT2D eigenvalue weighted by atomic mass is 16.5. The number of fused-ring (bicyclic) bond motifs is 1. The highest BCUT2D eigenvalue weighted by molar-refractivity contribution is 5.98. The number of pyridine rings is 1. The van der Waals surface area contributed by atoms with E-state index in [1.54, 1.807) is 0 Å². The molecule has 0 aromatic carbocycles. The third kappa shape index (κ3) is 1.54. The Hall–Kier alpha value is -1.91. The summed E-state index contributed by atoms with van der Waals surface area (Å²) in [6, 6.07) is 0. The topological polar surface area (TPSA) is 65.5 Å². The molecule has 0 amide bonds. The molecule has 0 saturated heterocycles. The molecular formula is C11H11NO4. The van der Waals surface area contributed by atoms with Gasteiger partial charge in [-0.3, -0.25) is 9.78 Å². The van der Waals surface area contributed by atoms with Crippen LogP contribution in [-0.4, -0.2) is 30.5 Å². The summed E-state index contributed by atoms with van der Waals surface area (Å²) in [6.45, 7) is 1.91. The van der Waals surface area contributed by atoms with Gasteiger partial charge in [0.25, 0.3) is 0 Å². The van der Waals surface area contributed by atoms with Gasteiger partial charge in [0.1, 0.15) is 17.0 Å². The number of Topliss-reactive ketones (excluding diaryl/α,β-unsaturated/α-hetero) is 1. The van der Waals surface area contributed by atoms with Gasteiger partial charge in [0.05, 0.1) is 13.7 Å². The Balaban J connectivity index is 2.57. The summed E-state index contributed by atoms with van der Waals surface area (Å²) in [6.07, 6.45) is 1.93. The first-order valence-corrected chi connectivity index (χ1v) is 4.89. The number of carbonyl (C=O) groups excluding carboxylic acids is 2. The largest absolute Gasteiger partial charge is 0.492 e. The smallest absolute Gasteiger partial charge is 0.343 e. The van der Waals surface area contributed by atoms with Gasteiger partial charge < -0.3 is 9.47 Å². The molecule has 0 spiro atoms. The van der Waals surface area contributed by atoms with Crippen molar-refractivity contribution in [3.05, 3.63) is 23.0 Å². The molecule has 1 aromatic heterocycles. The Morgan fingerprint density at radius 2 is 2.25 bits per heavy atom. The minimum Gasteiger partial charge on any atom is -0.492 e. The maximum absolute atomic E-state index is 11.4. The van der Waals surface area contributed by atoms with Gasteiger partial charge in [-0.2, -0.15) is 0 Å². The van der Waals surface area contributed by atoms with Crippen molar-refractivity contribution in [2.45, 2.75) is 13.3 Å².